The van der Waals surface area contributed by atoms with Crippen molar-refractivity contribution in [2.45, 2.75) is 6.18 Å². The highest BCUT2D eigenvalue weighted by atomic mass is 19.4. The molecule has 0 unspecified atom stereocenters. The molecule has 0 radical (unpaired) electrons. The Balaban J connectivity index is 1.67. The Morgan fingerprint density at radius 3 is 2.42 bits per heavy atom. The van der Waals surface area contributed by atoms with E-state index in [0.29, 0.717) is 11.4 Å². The van der Waals surface area contributed by atoms with Gasteiger partial charge >= 0.3 is 12.2 Å². The average molecular weight is 362 g/mol. The predicted molar refractivity (Wildman–Crippen MR) is 90.3 cm³/mol. The summed E-state index contributed by atoms with van der Waals surface area (Å²) in [5.41, 5.74) is 6.55. The van der Waals surface area contributed by atoms with Crippen molar-refractivity contribution in [2.24, 2.45) is 0 Å². The minimum Gasteiger partial charge on any atom is -0.369 e. The minimum absolute atomic E-state index is 0.132. The number of aromatic nitrogens is 3. The lowest BCUT2D eigenvalue weighted by Gasteiger charge is -2.10. The number of carbonyl (C=O) groups excluding carboxylic acids is 1. The van der Waals surface area contributed by atoms with Gasteiger partial charge in [0.2, 0.25) is 0 Å². The summed E-state index contributed by atoms with van der Waals surface area (Å²) in [7, 11) is 0. The lowest BCUT2D eigenvalue weighted by molar-refractivity contribution is -0.141. The maximum Gasteiger partial charge on any atom is 0.433 e. The summed E-state index contributed by atoms with van der Waals surface area (Å²) in [6.45, 7) is 0. The number of nitrogens with one attached hydrogen (secondary N) is 3. The molecule has 0 atom stereocenters. The molecule has 0 fully saturated rings. The molecule has 2 amide bonds. The van der Waals surface area contributed by atoms with Crippen molar-refractivity contribution < 1.29 is 18.0 Å². The number of rotatable bonds is 3. The van der Waals surface area contributed by atoms with Crippen LogP contribution in [0.3, 0.4) is 0 Å². The quantitative estimate of drug-likeness (QED) is 0.569. The van der Waals surface area contributed by atoms with Crippen LogP contribution in [-0.2, 0) is 6.18 Å². The van der Waals surface area contributed by atoms with Crippen molar-refractivity contribution in [1.82, 2.24) is 15.0 Å². The Hall–Kier alpha value is -3.56. The number of pyridine rings is 1. The molecule has 0 aliphatic rings. The number of nitrogens with two attached hydrogens (primary N) is 1. The van der Waals surface area contributed by atoms with Gasteiger partial charge in [-0.15, -0.1) is 0 Å². The number of nitrogens with zero attached hydrogens (tertiary/aromatic N) is 2. The van der Waals surface area contributed by atoms with Gasteiger partial charge in [-0.2, -0.15) is 13.2 Å². The maximum absolute atomic E-state index is 12.5. The summed E-state index contributed by atoms with van der Waals surface area (Å²) in [6, 6.07) is 8.17. The third-order valence-corrected chi connectivity index (χ3v) is 3.34. The molecule has 0 saturated carbocycles. The number of hydrogen-bond donors (Lipinski definition) is 4. The molecule has 0 aliphatic carbocycles. The molecule has 5 N–H and O–H groups in total. The molecule has 3 rings (SSSR count). The van der Waals surface area contributed by atoms with Gasteiger partial charge in [0.1, 0.15) is 5.69 Å². The maximum atomic E-state index is 12.5. The molecular weight excluding hydrogens is 349 g/mol. The summed E-state index contributed by atoms with van der Waals surface area (Å²) in [5, 5.41) is 5.00. The molecule has 1 aromatic carbocycles. The van der Waals surface area contributed by atoms with Crippen molar-refractivity contribution in [3.05, 3.63) is 54.5 Å². The minimum atomic E-state index is -4.53. The number of imidazole rings is 1. The van der Waals surface area contributed by atoms with Crippen LogP contribution in [0.2, 0.25) is 0 Å². The van der Waals surface area contributed by atoms with Gasteiger partial charge in [0.25, 0.3) is 0 Å². The first-order valence-electron chi connectivity index (χ1n) is 7.33. The van der Waals surface area contributed by atoms with Gasteiger partial charge in [-0.25, -0.2) is 14.8 Å². The lowest BCUT2D eigenvalue weighted by Crippen LogP contribution is -2.19. The highest BCUT2D eigenvalue weighted by molar-refractivity contribution is 5.99. The number of carbonyl (C=O) groups is 1. The Morgan fingerprint density at radius 1 is 1.04 bits per heavy atom. The molecule has 2 heterocycles. The summed E-state index contributed by atoms with van der Waals surface area (Å²) in [6.07, 6.45) is -2.04. The number of halogens is 3. The molecule has 3 aromatic rings. The number of hydrogen-bond acceptors (Lipinski definition) is 4. The Kier molecular flexibility index (Phi) is 4.48. The zero-order valence-corrected chi connectivity index (χ0v) is 13.1. The number of urea groups is 1. The van der Waals surface area contributed by atoms with Gasteiger partial charge in [0, 0.05) is 11.3 Å². The van der Waals surface area contributed by atoms with Crippen molar-refractivity contribution in [2.75, 3.05) is 16.4 Å². The van der Waals surface area contributed by atoms with Crippen LogP contribution in [0.1, 0.15) is 5.69 Å². The van der Waals surface area contributed by atoms with Crippen LogP contribution >= 0.6 is 0 Å². The Morgan fingerprint density at radius 2 is 1.81 bits per heavy atom. The van der Waals surface area contributed by atoms with E-state index in [2.05, 4.69) is 25.6 Å². The van der Waals surface area contributed by atoms with Crippen molar-refractivity contribution in [3.8, 4) is 11.3 Å². The monoisotopic (exact) mass is 362 g/mol. The van der Waals surface area contributed by atoms with E-state index >= 15 is 0 Å². The van der Waals surface area contributed by atoms with Crippen LogP contribution in [-0.4, -0.2) is 21.0 Å². The summed E-state index contributed by atoms with van der Waals surface area (Å²) >= 11 is 0. The number of benzene rings is 1. The van der Waals surface area contributed by atoms with Gasteiger partial charge in [0.05, 0.1) is 23.8 Å². The van der Waals surface area contributed by atoms with Crippen LogP contribution in [0.5, 0.6) is 0 Å². The molecular formula is C16H13F3N6O. The second-order valence-electron chi connectivity index (χ2n) is 5.27. The molecule has 7 nitrogen and oxygen atoms in total. The largest absolute Gasteiger partial charge is 0.433 e. The molecule has 0 aliphatic heterocycles. The first-order chi connectivity index (χ1) is 12.3. The van der Waals surface area contributed by atoms with Crippen LogP contribution in [0.25, 0.3) is 11.3 Å². The number of alkyl halides is 3. The fourth-order valence-corrected chi connectivity index (χ4v) is 2.18. The smallest absolute Gasteiger partial charge is 0.369 e. The summed E-state index contributed by atoms with van der Waals surface area (Å²) < 4.78 is 37.4. The van der Waals surface area contributed by atoms with E-state index in [4.69, 9.17) is 5.73 Å². The zero-order valence-electron chi connectivity index (χ0n) is 13.1. The van der Waals surface area contributed by atoms with Gasteiger partial charge in [-0.1, -0.05) is 12.1 Å². The van der Waals surface area contributed by atoms with Gasteiger partial charge in [0.15, 0.2) is 5.95 Å². The molecule has 0 bridgehead atoms. The predicted octanol–water partition coefficient (Wildman–Crippen LogP) is 3.72. The fourth-order valence-electron chi connectivity index (χ4n) is 2.18. The zero-order chi connectivity index (χ0) is 18.7. The highest BCUT2D eigenvalue weighted by Crippen LogP contribution is 2.28. The Labute approximate surface area is 145 Å². The highest BCUT2D eigenvalue weighted by Gasteiger charge is 2.32. The third kappa shape index (κ3) is 4.09. The molecule has 2 aromatic heterocycles. The number of aromatic amines is 1. The first kappa shape index (κ1) is 17.3. The number of anilines is 3. The van der Waals surface area contributed by atoms with Crippen LogP contribution in [0.15, 0.2) is 48.8 Å². The lowest BCUT2D eigenvalue weighted by atomic mass is 10.1. The van der Waals surface area contributed by atoms with Crippen LogP contribution < -0.4 is 16.4 Å². The van der Waals surface area contributed by atoms with Gasteiger partial charge < -0.3 is 21.4 Å². The van der Waals surface area contributed by atoms with Gasteiger partial charge in [-0.05, 0) is 24.3 Å². The van der Waals surface area contributed by atoms with Gasteiger partial charge in [-0.3, -0.25) is 0 Å². The topological polar surface area (TPSA) is 109 Å². The van der Waals surface area contributed by atoms with Crippen molar-refractivity contribution in [1.29, 1.82) is 0 Å². The second-order valence-corrected chi connectivity index (χ2v) is 5.27. The fraction of sp³-hybridized carbons (Fsp3) is 0.0625. The Bertz CT molecular complexity index is 920. The summed E-state index contributed by atoms with van der Waals surface area (Å²) in [5.74, 6) is 0.269. The molecule has 10 heteroatoms. The van der Waals surface area contributed by atoms with E-state index in [0.717, 1.165) is 23.9 Å². The average Bonchev–Trinajstić information content (AvgIpc) is 3.01. The van der Waals surface area contributed by atoms with E-state index in [9.17, 15) is 18.0 Å². The molecule has 134 valence electrons. The van der Waals surface area contributed by atoms with Crippen molar-refractivity contribution >= 4 is 23.4 Å². The second kappa shape index (κ2) is 6.75. The SMILES string of the molecule is Nc1ncc(-c2cccc(NC(=O)Nc3ccc(C(F)(F)F)nc3)c2)[nH]1. The molecule has 0 spiro atoms. The molecule has 0 saturated heterocycles. The van der Waals surface area contributed by atoms with Crippen molar-refractivity contribution in [3.63, 3.8) is 0 Å². The summed E-state index contributed by atoms with van der Waals surface area (Å²) in [4.78, 5) is 22.0. The first-order valence-corrected chi connectivity index (χ1v) is 7.33. The van der Waals surface area contributed by atoms with E-state index < -0.39 is 17.9 Å². The van der Waals surface area contributed by atoms with E-state index in [1.807, 2.05) is 0 Å². The van der Waals surface area contributed by atoms with Crippen LogP contribution in [0, 0.1) is 0 Å². The number of amides is 2. The normalized spacial score (nSPS) is 11.2. The standard InChI is InChI=1S/C16H13F3N6O/c17-16(18,19)13-5-4-11(7-21-13)24-15(26)23-10-3-1-2-9(6-10)12-8-22-14(20)25-12/h1-8H,(H3,20,22,25)(H2,23,24,26). The number of nitrogen functional groups attached to an aromatic ring is 1. The van der Waals surface area contributed by atoms with Crippen LogP contribution in [0.4, 0.5) is 35.3 Å². The number of H-pyrrole nitrogens is 1. The molecule has 26 heavy (non-hydrogen) atoms. The third-order valence-electron chi connectivity index (χ3n) is 3.34. The van der Waals surface area contributed by atoms with E-state index in [1.54, 1.807) is 30.5 Å². The van der Waals surface area contributed by atoms with E-state index in [1.165, 1.54) is 0 Å². The van der Waals surface area contributed by atoms with E-state index in [-0.39, 0.29) is 11.6 Å².